The summed E-state index contributed by atoms with van der Waals surface area (Å²) in [4.78, 5) is 19.7. The number of ketones is 1. The molecule has 2 rings (SSSR count). The molecular weight excluding hydrogens is 194 g/mol. The van der Waals surface area contributed by atoms with Gasteiger partial charge in [0.25, 0.3) is 0 Å². The molecule has 5 nitrogen and oxygen atoms in total. The second kappa shape index (κ2) is 3.78. The molecule has 5 heteroatoms. The van der Waals surface area contributed by atoms with Crippen molar-refractivity contribution in [3.05, 3.63) is 23.7 Å². The third-order valence-electron chi connectivity index (χ3n) is 2.01. The average molecular weight is 205 g/mol. The minimum absolute atomic E-state index is 0.00690. The Morgan fingerprint density at radius 3 is 3.13 bits per heavy atom. The summed E-state index contributed by atoms with van der Waals surface area (Å²) >= 11 is 0. The first kappa shape index (κ1) is 9.79. The van der Waals surface area contributed by atoms with E-state index in [0.717, 1.165) is 0 Å². The fraction of sp³-hybridized carbons (Fsp3) is 0.300. The standard InChI is InChI=1S/C10H11N3O2/c1-6-13-8-3-7(9(14)5-11-2)4-12-10(8)15-6/h3-4,11H,5H2,1-2H3. The van der Waals surface area contributed by atoms with Crippen molar-refractivity contribution in [3.63, 3.8) is 0 Å². The molecule has 2 aromatic heterocycles. The summed E-state index contributed by atoms with van der Waals surface area (Å²) < 4.78 is 5.21. The SMILES string of the molecule is CNCC(=O)c1cnc2oc(C)nc2c1. The molecule has 15 heavy (non-hydrogen) atoms. The van der Waals surface area contributed by atoms with Crippen LogP contribution in [0.5, 0.6) is 0 Å². The molecule has 0 saturated heterocycles. The van der Waals surface area contributed by atoms with Gasteiger partial charge in [-0.05, 0) is 13.1 Å². The van der Waals surface area contributed by atoms with Gasteiger partial charge in [0.15, 0.2) is 11.7 Å². The monoisotopic (exact) mass is 205 g/mol. The summed E-state index contributed by atoms with van der Waals surface area (Å²) in [6.07, 6.45) is 1.51. The highest BCUT2D eigenvalue weighted by Gasteiger charge is 2.09. The van der Waals surface area contributed by atoms with Gasteiger partial charge in [-0.2, -0.15) is 0 Å². The van der Waals surface area contributed by atoms with E-state index in [-0.39, 0.29) is 5.78 Å². The Morgan fingerprint density at radius 1 is 1.60 bits per heavy atom. The van der Waals surface area contributed by atoms with Gasteiger partial charge in [-0.3, -0.25) is 4.79 Å². The number of likely N-dealkylation sites (N-methyl/N-ethyl adjacent to an activating group) is 1. The van der Waals surface area contributed by atoms with E-state index in [1.54, 1.807) is 20.0 Å². The van der Waals surface area contributed by atoms with Crippen molar-refractivity contribution >= 4 is 17.0 Å². The number of aromatic nitrogens is 2. The first-order valence-electron chi connectivity index (χ1n) is 4.61. The predicted molar refractivity (Wildman–Crippen MR) is 54.8 cm³/mol. The molecule has 0 bridgehead atoms. The van der Waals surface area contributed by atoms with Crippen LogP contribution in [-0.2, 0) is 0 Å². The summed E-state index contributed by atoms with van der Waals surface area (Å²) in [5.74, 6) is 0.545. The zero-order chi connectivity index (χ0) is 10.8. The number of carbonyl (C=O) groups is 1. The van der Waals surface area contributed by atoms with Gasteiger partial charge in [0.1, 0.15) is 5.52 Å². The van der Waals surface area contributed by atoms with Gasteiger partial charge in [0.2, 0.25) is 5.71 Å². The average Bonchev–Trinajstić information content (AvgIpc) is 2.57. The predicted octanol–water partition coefficient (Wildman–Crippen LogP) is 0.933. The molecular formula is C10H11N3O2. The lowest BCUT2D eigenvalue weighted by atomic mass is 10.2. The molecule has 1 N–H and O–H groups in total. The largest absolute Gasteiger partial charge is 0.423 e. The van der Waals surface area contributed by atoms with Crippen LogP contribution in [0.3, 0.4) is 0 Å². The van der Waals surface area contributed by atoms with Crippen LogP contribution in [0.4, 0.5) is 0 Å². The third-order valence-corrected chi connectivity index (χ3v) is 2.01. The number of Topliss-reactive ketones (excluding diaryl/α,β-unsaturated/α-hetero) is 1. The first-order valence-corrected chi connectivity index (χ1v) is 4.61. The van der Waals surface area contributed by atoms with Crippen LogP contribution >= 0.6 is 0 Å². The molecule has 0 saturated carbocycles. The zero-order valence-corrected chi connectivity index (χ0v) is 8.57. The molecule has 0 amide bonds. The van der Waals surface area contributed by atoms with Crippen molar-refractivity contribution in [2.24, 2.45) is 0 Å². The number of hydrogen-bond acceptors (Lipinski definition) is 5. The van der Waals surface area contributed by atoms with Crippen LogP contribution in [-0.4, -0.2) is 29.3 Å². The highest BCUT2D eigenvalue weighted by atomic mass is 16.4. The van der Waals surface area contributed by atoms with Gasteiger partial charge in [-0.25, -0.2) is 9.97 Å². The smallest absolute Gasteiger partial charge is 0.246 e. The van der Waals surface area contributed by atoms with Gasteiger partial charge in [-0.1, -0.05) is 0 Å². The molecule has 0 aliphatic rings. The highest BCUT2D eigenvalue weighted by Crippen LogP contribution is 2.13. The maximum absolute atomic E-state index is 11.5. The Hall–Kier alpha value is -1.75. The Kier molecular flexibility index (Phi) is 2.47. The number of fused-ring (bicyclic) bond motifs is 1. The molecule has 0 aliphatic heterocycles. The summed E-state index contributed by atoms with van der Waals surface area (Å²) in [6, 6.07) is 1.69. The van der Waals surface area contributed by atoms with E-state index in [9.17, 15) is 4.79 Å². The van der Waals surface area contributed by atoms with E-state index in [4.69, 9.17) is 4.42 Å². The Labute approximate surface area is 86.5 Å². The lowest BCUT2D eigenvalue weighted by Gasteiger charge is -1.97. The Bertz CT molecular complexity index is 504. The van der Waals surface area contributed by atoms with Gasteiger partial charge >= 0.3 is 0 Å². The highest BCUT2D eigenvalue weighted by molar-refractivity contribution is 5.99. The molecule has 0 atom stereocenters. The minimum atomic E-state index is -0.00690. The molecule has 0 spiro atoms. The number of nitrogens with zero attached hydrogens (tertiary/aromatic N) is 2. The van der Waals surface area contributed by atoms with Crippen LogP contribution in [0.2, 0.25) is 0 Å². The van der Waals surface area contributed by atoms with Crippen molar-refractivity contribution in [3.8, 4) is 0 Å². The van der Waals surface area contributed by atoms with E-state index in [0.29, 0.717) is 29.2 Å². The number of aryl methyl sites for hydroxylation is 1. The van der Waals surface area contributed by atoms with Crippen LogP contribution in [0.1, 0.15) is 16.2 Å². The Morgan fingerprint density at radius 2 is 2.40 bits per heavy atom. The summed E-state index contributed by atoms with van der Waals surface area (Å²) in [7, 11) is 1.73. The van der Waals surface area contributed by atoms with Gasteiger partial charge in [-0.15, -0.1) is 0 Å². The first-order chi connectivity index (χ1) is 7.20. The van der Waals surface area contributed by atoms with Crippen molar-refractivity contribution in [2.45, 2.75) is 6.92 Å². The second-order valence-corrected chi connectivity index (χ2v) is 3.23. The number of carbonyl (C=O) groups excluding carboxylic acids is 1. The molecule has 0 radical (unpaired) electrons. The lowest BCUT2D eigenvalue weighted by molar-refractivity contribution is 0.0993. The van der Waals surface area contributed by atoms with Gasteiger partial charge in [0, 0.05) is 18.7 Å². The van der Waals surface area contributed by atoms with E-state index < -0.39 is 0 Å². The van der Waals surface area contributed by atoms with Crippen molar-refractivity contribution < 1.29 is 9.21 Å². The zero-order valence-electron chi connectivity index (χ0n) is 8.57. The van der Waals surface area contributed by atoms with Crippen LogP contribution < -0.4 is 5.32 Å². The molecule has 0 unspecified atom stereocenters. The van der Waals surface area contributed by atoms with E-state index >= 15 is 0 Å². The third kappa shape index (κ3) is 1.87. The van der Waals surface area contributed by atoms with Gasteiger partial charge in [0.05, 0.1) is 6.54 Å². The molecule has 78 valence electrons. The number of pyridine rings is 1. The van der Waals surface area contributed by atoms with E-state index in [1.807, 2.05) is 0 Å². The normalized spacial score (nSPS) is 10.8. The molecule has 0 fully saturated rings. The Balaban J connectivity index is 2.41. The minimum Gasteiger partial charge on any atom is -0.423 e. The number of hydrogen-bond donors (Lipinski definition) is 1. The van der Waals surface area contributed by atoms with Crippen molar-refractivity contribution in [2.75, 3.05) is 13.6 Å². The molecule has 2 heterocycles. The summed E-state index contributed by atoms with van der Waals surface area (Å²) in [6.45, 7) is 2.04. The molecule has 0 aromatic carbocycles. The molecule has 0 aliphatic carbocycles. The molecule has 2 aromatic rings. The number of rotatable bonds is 3. The van der Waals surface area contributed by atoms with Crippen molar-refractivity contribution in [1.82, 2.24) is 15.3 Å². The second-order valence-electron chi connectivity index (χ2n) is 3.23. The van der Waals surface area contributed by atoms with Crippen LogP contribution in [0.15, 0.2) is 16.7 Å². The number of oxazole rings is 1. The van der Waals surface area contributed by atoms with Gasteiger partial charge < -0.3 is 9.73 Å². The van der Waals surface area contributed by atoms with E-state index in [2.05, 4.69) is 15.3 Å². The van der Waals surface area contributed by atoms with E-state index in [1.165, 1.54) is 6.20 Å². The maximum Gasteiger partial charge on any atom is 0.246 e. The fourth-order valence-electron chi connectivity index (χ4n) is 1.35. The quantitative estimate of drug-likeness (QED) is 0.755. The van der Waals surface area contributed by atoms with Crippen LogP contribution in [0.25, 0.3) is 11.2 Å². The summed E-state index contributed by atoms with van der Waals surface area (Å²) in [5.41, 5.74) is 1.63. The number of nitrogens with one attached hydrogen (secondary N) is 1. The topological polar surface area (TPSA) is 68.0 Å². The maximum atomic E-state index is 11.5. The fourth-order valence-corrected chi connectivity index (χ4v) is 1.35. The summed E-state index contributed by atoms with van der Waals surface area (Å²) in [5, 5.41) is 2.80. The van der Waals surface area contributed by atoms with Crippen molar-refractivity contribution in [1.29, 1.82) is 0 Å². The lowest BCUT2D eigenvalue weighted by Crippen LogP contribution is -2.18. The van der Waals surface area contributed by atoms with Crippen LogP contribution in [0, 0.1) is 6.92 Å².